The van der Waals surface area contributed by atoms with Gasteiger partial charge >= 0.3 is 0 Å². The molecule has 4 bridgehead atoms. The van der Waals surface area contributed by atoms with Crippen molar-refractivity contribution in [1.29, 1.82) is 0 Å². The third kappa shape index (κ3) is 5.10. The molecule has 60 heavy (non-hydrogen) atoms. The summed E-state index contributed by atoms with van der Waals surface area (Å²) in [6, 6.07) is 70.7. The molecule has 8 aromatic carbocycles. The normalized spacial score (nSPS) is 22.1. The van der Waals surface area contributed by atoms with Crippen molar-refractivity contribution in [1.82, 2.24) is 0 Å². The van der Waals surface area contributed by atoms with Crippen molar-refractivity contribution in [3.05, 3.63) is 199 Å². The largest absolute Gasteiger partial charge is 0.309 e. The van der Waals surface area contributed by atoms with E-state index < -0.39 is 0 Å². The molecule has 5 aliphatic carbocycles. The van der Waals surface area contributed by atoms with Crippen LogP contribution < -0.4 is 4.90 Å². The highest BCUT2D eigenvalue weighted by Crippen LogP contribution is 2.69. The molecule has 0 saturated heterocycles. The number of benzene rings is 8. The van der Waals surface area contributed by atoms with Crippen LogP contribution in [-0.2, 0) is 5.41 Å². The smallest absolute Gasteiger partial charge is 0.0640 e. The number of anilines is 3. The number of fused-ring (bicyclic) bond motifs is 6. The Balaban J connectivity index is 0.904. The molecular formula is C58H45NS. The van der Waals surface area contributed by atoms with Gasteiger partial charge in [0.05, 0.1) is 10.4 Å². The molecule has 0 aliphatic heterocycles. The summed E-state index contributed by atoms with van der Waals surface area (Å²) >= 11 is 1.88. The molecule has 2 heteroatoms. The summed E-state index contributed by atoms with van der Waals surface area (Å²) in [5, 5.41) is 2.62. The van der Waals surface area contributed by atoms with E-state index in [9.17, 15) is 0 Å². The second kappa shape index (κ2) is 13.4. The summed E-state index contributed by atoms with van der Waals surface area (Å²) in [6.07, 6.45) is 7.14. The first-order valence-corrected chi connectivity index (χ1v) is 22.8. The average molecular weight is 788 g/mol. The van der Waals surface area contributed by atoms with Crippen LogP contribution in [0.5, 0.6) is 0 Å². The van der Waals surface area contributed by atoms with Crippen molar-refractivity contribution in [3.63, 3.8) is 0 Å². The molecule has 1 spiro atoms. The minimum absolute atomic E-state index is 0.196. The van der Waals surface area contributed by atoms with Crippen LogP contribution >= 0.6 is 11.3 Å². The van der Waals surface area contributed by atoms with E-state index in [1.165, 1.54) is 102 Å². The topological polar surface area (TPSA) is 3.24 Å². The van der Waals surface area contributed by atoms with E-state index in [0.29, 0.717) is 0 Å². The Labute approximate surface area is 356 Å². The molecule has 5 aliphatic rings. The van der Waals surface area contributed by atoms with Crippen LogP contribution in [0.15, 0.2) is 188 Å². The molecule has 4 fully saturated rings. The van der Waals surface area contributed by atoms with E-state index in [1.54, 1.807) is 11.1 Å². The van der Waals surface area contributed by atoms with Gasteiger partial charge in [-0.3, -0.25) is 0 Å². The summed E-state index contributed by atoms with van der Waals surface area (Å²) in [4.78, 5) is 2.44. The van der Waals surface area contributed by atoms with E-state index in [2.05, 4.69) is 193 Å². The minimum atomic E-state index is 0.196. The van der Waals surface area contributed by atoms with Gasteiger partial charge in [-0.15, -0.1) is 11.3 Å². The Kier molecular flexibility index (Phi) is 7.73. The molecule has 0 unspecified atom stereocenters. The van der Waals surface area contributed by atoms with Crippen molar-refractivity contribution in [2.75, 3.05) is 4.90 Å². The molecule has 14 rings (SSSR count). The van der Waals surface area contributed by atoms with Gasteiger partial charge in [-0.1, -0.05) is 146 Å². The van der Waals surface area contributed by atoms with Crippen LogP contribution in [0.3, 0.4) is 0 Å². The molecule has 0 N–H and O–H groups in total. The third-order valence-corrected chi connectivity index (χ3v) is 16.3. The average Bonchev–Trinajstić information content (AvgIpc) is 3.83. The molecule has 9 aromatic rings. The zero-order valence-electron chi connectivity index (χ0n) is 33.6. The van der Waals surface area contributed by atoms with Gasteiger partial charge in [0, 0.05) is 32.3 Å². The van der Waals surface area contributed by atoms with Crippen molar-refractivity contribution in [3.8, 4) is 44.5 Å². The van der Waals surface area contributed by atoms with Gasteiger partial charge in [-0.2, -0.15) is 0 Å². The quantitative estimate of drug-likeness (QED) is 0.162. The van der Waals surface area contributed by atoms with E-state index >= 15 is 0 Å². The lowest BCUT2D eigenvalue weighted by Crippen LogP contribution is -2.55. The van der Waals surface area contributed by atoms with Crippen LogP contribution in [0.4, 0.5) is 17.1 Å². The van der Waals surface area contributed by atoms with Crippen LogP contribution in [0, 0.1) is 23.7 Å². The number of nitrogens with zero attached hydrogens (tertiary/aromatic N) is 1. The highest BCUT2D eigenvalue weighted by molar-refractivity contribution is 7.26. The summed E-state index contributed by atoms with van der Waals surface area (Å²) in [5.41, 5.74) is 17.4. The van der Waals surface area contributed by atoms with Crippen molar-refractivity contribution < 1.29 is 0 Å². The van der Waals surface area contributed by atoms with Gasteiger partial charge in [-0.05, 0) is 154 Å². The minimum Gasteiger partial charge on any atom is -0.309 e. The Bertz CT molecular complexity index is 3070. The van der Waals surface area contributed by atoms with Gasteiger partial charge in [0.2, 0.25) is 0 Å². The monoisotopic (exact) mass is 787 g/mol. The number of rotatable bonds is 6. The maximum absolute atomic E-state index is 2.56. The lowest BCUT2D eigenvalue weighted by molar-refractivity contribution is -0.0399. The molecule has 1 aromatic heterocycles. The second-order valence-electron chi connectivity index (χ2n) is 18.1. The van der Waals surface area contributed by atoms with Crippen molar-refractivity contribution in [2.24, 2.45) is 23.7 Å². The zero-order chi connectivity index (χ0) is 39.4. The molecule has 0 radical (unpaired) electrons. The molecule has 0 amide bonds. The highest BCUT2D eigenvalue weighted by atomic mass is 32.1. The predicted molar refractivity (Wildman–Crippen MR) is 254 cm³/mol. The molecule has 1 nitrogen and oxygen atoms in total. The van der Waals surface area contributed by atoms with E-state index in [1.807, 2.05) is 11.3 Å². The summed E-state index contributed by atoms with van der Waals surface area (Å²) in [7, 11) is 0. The fourth-order valence-corrected chi connectivity index (χ4v) is 14.1. The molecule has 1 heterocycles. The Hall–Kier alpha value is -6.22. The first-order valence-electron chi connectivity index (χ1n) is 22.0. The Morgan fingerprint density at radius 2 is 0.950 bits per heavy atom. The van der Waals surface area contributed by atoms with Gasteiger partial charge < -0.3 is 4.90 Å². The maximum atomic E-state index is 2.56. The van der Waals surface area contributed by atoms with Gasteiger partial charge in [0.25, 0.3) is 0 Å². The van der Waals surface area contributed by atoms with Crippen LogP contribution in [0.2, 0.25) is 0 Å². The number of hydrogen-bond donors (Lipinski definition) is 0. The molecule has 4 saturated carbocycles. The fraction of sp³-hybridized carbons (Fsp3) is 0.172. The van der Waals surface area contributed by atoms with Gasteiger partial charge in [-0.25, -0.2) is 0 Å². The Morgan fingerprint density at radius 1 is 0.400 bits per heavy atom. The molecular weight excluding hydrogens is 743 g/mol. The standard InChI is InChI=1S/C58H45NS/c1-2-11-39(12-3-1)40-21-26-45(27-22-40)59(55-19-10-17-51-50-16-7-9-20-56(50)60-57(51)55)46-28-23-41(24-29-46)47-13-4-5-14-48(47)42-25-30-54-52(36-42)49-15-6-8-18-53(49)58(54)43-32-37-31-38(34-43)35-44(58)33-37/h1-30,36-38,43-44H,31-35H2. The Morgan fingerprint density at radius 3 is 1.68 bits per heavy atom. The third-order valence-electron chi connectivity index (χ3n) is 15.1. The van der Waals surface area contributed by atoms with Crippen molar-refractivity contribution in [2.45, 2.75) is 37.5 Å². The first-order chi connectivity index (χ1) is 29.7. The maximum Gasteiger partial charge on any atom is 0.0640 e. The molecule has 0 atom stereocenters. The molecule has 288 valence electrons. The lowest BCUT2D eigenvalue weighted by atomic mass is 9.43. The van der Waals surface area contributed by atoms with E-state index in [0.717, 1.165) is 35.0 Å². The lowest BCUT2D eigenvalue weighted by Gasteiger charge is -2.61. The van der Waals surface area contributed by atoms with Gasteiger partial charge in [0.15, 0.2) is 0 Å². The van der Waals surface area contributed by atoms with Crippen LogP contribution in [0.1, 0.15) is 43.2 Å². The first kappa shape index (κ1) is 34.6. The predicted octanol–water partition coefficient (Wildman–Crippen LogP) is 16.2. The number of thiophene rings is 1. The fourth-order valence-electron chi connectivity index (χ4n) is 12.9. The summed E-state index contributed by atoms with van der Waals surface area (Å²) < 4.78 is 2.61. The summed E-state index contributed by atoms with van der Waals surface area (Å²) in [5.74, 6) is 3.45. The SMILES string of the molecule is c1ccc(-c2ccc(N(c3ccc(-c4ccccc4-c4ccc5c(c4)-c4ccccc4C54C5CC6CC(C5)CC4C6)cc3)c3cccc4c3sc3ccccc34)cc2)cc1. The van der Waals surface area contributed by atoms with Crippen molar-refractivity contribution >= 4 is 48.6 Å². The number of hydrogen-bond acceptors (Lipinski definition) is 2. The zero-order valence-corrected chi connectivity index (χ0v) is 34.4. The van der Waals surface area contributed by atoms with E-state index in [4.69, 9.17) is 0 Å². The van der Waals surface area contributed by atoms with Crippen LogP contribution in [-0.4, -0.2) is 0 Å². The van der Waals surface area contributed by atoms with E-state index in [-0.39, 0.29) is 5.41 Å². The highest BCUT2D eigenvalue weighted by Gasteiger charge is 2.61. The second-order valence-corrected chi connectivity index (χ2v) is 19.1. The summed E-state index contributed by atoms with van der Waals surface area (Å²) in [6.45, 7) is 0. The van der Waals surface area contributed by atoms with Crippen LogP contribution in [0.25, 0.3) is 64.7 Å². The van der Waals surface area contributed by atoms with Gasteiger partial charge in [0.1, 0.15) is 0 Å².